The number of carbonyl (C=O) groups excluding carboxylic acids is 2. The number of hydrogen-bond donors (Lipinski definition) is 5. The van der Waals surface area contributed by atoms with Gasteiger partial charge >= 0.3 is 0 Å². The predicted octanol–water partition coefficient (Wildman–Crippen LogP) is 1.71. The van der Waals surface area contributed by atoms with Gasteiger partial charge in [-0.3, -0.25) is 19.2 Å². The zero-order chi connectivity index (χ0) is 30.4. The lowest BCUT2D eigenvalue weighted by Crippen LogP contribution is -2.43. The summed E-state index contributed by atoms with van der Waals surface area (Å²) in [5.74, 6) is -1.91. The number of aromatic hydroxyl groups is 2. The molecule has 5 N–H and O–H groups in total. The Morgan fingerprint density at radius 2 is 1.45 bits per heavy atom. The van der Waals surface area contributed by atoms with Crippen LogP contribution >= 0.6 is 0 Å². The molecule has 0 aliphatic rings. The number of H-pyrrole nitrogens is 1. The lowest BCUT2D eigenvalue weighted by Gasteiger charge is -2.18. The van der Waals surface area contributed by atoms with Crippen molar-refractivity contribution in [3.63, 3.8) is 0 Å². The van der Waals surface area contributed by atoms with E-state index in [4.69, 9.17) is 4.74 Å². The number of aromatic nitrogens is 3. The van der Waals surface area contributed by atoms with Gasteiger partial charge in [-0.05, 0) is 50.5 Å². The number of rotatable bonds is 12. The number of aryl methyl sites for hydroxylation is 1. The topological polar surface area (TPSA) is 168 Å². The van der Waals surface area contributed by atoms with Crippen LogP contribution in [-0.2, 0) is 29.1 Å². The molecule has 0 aliphatic carbocycles. The smallest absolute Gasteiger partial charge is 0.232 e. The van der Waals surface area contributed by atoms with Crippen LogP contribution in [-0.4, -0.2) is 56.3 Å². The molecule has 0 radical (unpaired) electrons. The van der Waals surface area contributed by atoms with Crippen LogP contribution in [0.2, 0.25) is 0 Å². The average molecular weight is 578 g/mol. The van der Waals surface area contributed by atoms with Gasteiger partial charge < -0.3 is 39.7 Å². The Morgan fingerprint density at radius 3 is 1.98 bits per heavy atom. The van der Waals surface area contributed by atoms with Gasteiger partial charge in [-0.1, -0.05) is 0 Å². The highest BCUT2D eigenvalue weighted by molar-refractivity contribution is 6.00. The maximum absolute atomic E-state index is 13.3. The van der Waals surface area contributed by atoms with Gasteiger partial charge in [-0.25, -0.2) is 0 Å². The number of carbonyl (C=O) groups is 2. The van der Waals surface area contributed by atoms with E-state index in [-0.39, 0.29) is 44.1 Å². The van der Waals surface area contributed by atoms with Gasteiger partial charge in [0.05, 0.1) is 18.5 Å². The van der Waals surface area contributed by atoms with Crippen molar-refractivity contribution >= 4 is 22.7 Å². The van der Waals surface area contributed by atoms with E-state index in [1.54, 1.807) is 30.1 Å². The third-order valence-corrected chi connectivity index (χ3v) is 7.44. The largest absolute Gasteiger partial charge is 0.503 e. The minimum Gasteiger partial charge on any atom is -0.503 e. The summed E-state index contributed by atoms with van der Waals surface area (Å²) in [6.07, 6.45) is 5.61. The summed E-state index contributed by atoms with van der Waals surface area (Å²) in [5.41, 5.74) is 1.65. The molecule has 4 rings (SSSR count). The van der Waals surface area contributed by atoms with Crippen molar-refractivity contribution in [3.8, 4) is 17.2 Å². The normalized spacial score (nSPS) is 11.1. The molecule has 2 amide bonds. The molecule has 0 spiro atoms. The Bertz CT molecular complexity index is 1640. The summed E-state index contributed by atoms with van der Waals surface area (Å²) >= 11 is 0. The first-order valence-electron chi connectivity index (χ1n) is 13.6. The van der Waals surface area contributed by atoms with Gasteiger partial charge in [0, 0.05) is 67.8 Å². The number of ether oxygens (including phenoxy) is 1. The molecule has 12 nitrogen and oxygen atoms in total. The molecule has 0 saturated carbocycles. The van der Waals surface area contributed by atoms with E-state index in [0.717, 1.165) is 16.5 Å². The highest BCUT2D eigenvalue weighted by Gasteiger charge is 2.26. The summed E-state index contributed by atoms with van der Waals surface area (Å²) < 4.78 is 8.64. The molecule has 42 heavy (non-hydrogen) atoms. The molecule has 0 bridgehead atoms. The number of aromatic amines is 1. The third kappa shape index (κ3) is 6.65. The Labute approximate surface area is 241 Å². The van der Waals surface area contributed by atoms with Crippen molar-refractivity contribution < 1.29 is 24.5 Å². The fraction of sp³-hybridized carbons (Fsp3) is 0.333. The summed E-state index contributed by atoms with van der Waals surface area (Å²) in [7, 11) is 1.59. The lowest BCUT2D eigenvalue weighted by atomic mass is 9.97. The van der Waals surface area contributed by atoms with E-state index in [0.29, 0.717) is 23.6 Å². The van der Waals surface area contributed by atoms with Crippen molar-refractivity contribution in [1.29, 1.82) is 0 Å². The van der Waals surface area contributed by atoms with E-state index in [1.807, 2.05) is 24.4 Å². The molecular weight excluding hydrogens is 542 g/mol. The highest BCUT2D eigenvalue weighted by Crippen LogP contribution is 2.25. The first-order valence-corrected chi connectivity index (χ1v) is 13.6. The van der Waals surface area contributed by atoms with Crippen molar-refractivity contribution in [3.05, 3.63) is 86.3 Å². The number of hydrogen-bond acceptors (Lipinski definition) is 7. The van der Waals surface area contributed by atoms with Gasteiger partial charge in [0.15, 0.2) is 11.5 Å². The van der Waals surface area contributed by atoms with Gasteiger partial charge in [0.1, 0.15) is 11.7 Å². The van der Waals surface area contributed by atoms with Crippen LogP contribution in [0.25, 0.3) is 10.9 Å². The van der Waals surface area contributed by atoms with Crippen molar-refractivity contribution in [2.75, 3.05) is 20.2 Å². The summed E-state index contributed by atoms with van der Waals surface area (Å²) in [5, 5.41) is 26.4. The van der Waals surface area contributed by atoms with Gasteiger partial charge in [-0.15, -0.1) is 0 Å². The van der Waals surface area contributed by atoms with Crippen LogP contribution in [0.5, 0.6) is 17.2 Å². The molecule has 0 atom stereocenters. The number of pyridine rings is 2. The van der Waals surface area contributed by atoms with E-state index >= 15 is 0 Å². The summed E-state index contributed by atoms with van der Waals surface area (Å²) in [4.78, 5) is 53.1. The molecule has 4 aromatic rings. The molecule has 0 saturated heterocycles. The monoisotopic (exact) mass is 577 g/mol. The SMILES string of the molecule is COc1ccc2[nH]cc(CCC(C(=O)NCCn3ccc(=O)c(O)c3C)C(=O)NCCn3ccc(=O)c(O)c3C)c2c1. The third-order valence-electron chi connectivity index (χ3n) is 7.44. The Morgan fingerprint density at radius 1 is 0.905 bits per heavy atom. The first kappa shape index (κ1) is 30.0. The number of benzene rings is 1. The summed E-state index contributed by atoms with van der Waals surface area (Å²) in [6.45, 7) is 4.14. The van der Waals surface area contributed by atoms with Crippen LogP contribution in [0, 0.1) is 19.8 Å². The number of nitrogens with zero attached hydrogens (tertiary/aromatic N) is 2. The quantitative estimate of drug-likeness (QED) is 0.160. The standard InChI is InChI=1S/C30H35N5O7/c1-18-27(38)25(36)8-12-34(18)14-10-31-29(40)22(6-4-20-17-33-24-7-5-21(42-3)16-23(20)24)30(41)32-11-15-35-13-9-26(37)28(39)19(35)2/h5,7-9,12-13,16-17,22,33,38-39H,4,6,10-11,14-15H2,1-3H3,(H,31,40)(H,32,41). The lowest BCUT2D eigenvalue weighted by molar-refractivity contribution is -0.135. The Kier molecular flexibility index (Phi) is 9.35. The van der Waals surface area contributed by atoms with Crippen molar-refractivity contribution in [2.45, 2.75) is 39.8 Å². The summed E-state index contributed by atoms with van der Waals surface area (Å²) in [6, 6.07) is 8.16. The van der Waals surface area contributed by atoms with Gasteiger partial charge in [0.25, 0.3) is 0 Å². The molecule has 0 fully saturated rings. The van der Waals surface area contributed by atoms with Gasteiger partial charge in [0.2, 0.25) is 22.7 Å². The van der Waals surface area contributed by atoms with Crippen molar-refractivity contribution in [1.82, 2.24) is 24.8 Å². The minimum absolute atomic E-state index is 0.173. The average Bonchev–Trinajstić information content (AvgIpc) is 3.39. The van der Waals surface area contributed by atoms with E-state index in [2.05, 4.69) is 15.6 Å². The van der Waals surface area contributed by atoms with E-state index in [9.17, 15) is 29.4 Å². The Balaban J connectivity index is 1.45. The predicted molar refractivity (Wildman–Crippen MR) is 157 cm³/mol. The molecule has 12 heteroatoms. The number of methoxy groups -OCH3 is 1. The second kappa shape index (κ2) is 13.1. The fourth-order valence-electron chi connectivity index (χ4n) is 4.83. The minimum atomic E-state index is -1.01. The molecular formula is C30H35N5O7. The number of fused-ring (bicyclic) bond motifs is 1. The van der Waals surface area contributed by atoms with Crippen LogP contribution in [0.3, 0.4) is 0 Å². The second-order valence-electron chi connectivity index (χ2n) is 10.0. The molecule has 222 valence electrons. The van der Waals surface area contributed by atoms with Crippen LogP contribution in [0.1, 0.15) is 23.4 Å². The van der Waals surface area contributed by atoms with Crippen LogP contribution < -0.4 is 26.2 Å². The molecule has 3 aromatic heterocycles. The fourth-order valence-corrected chi connectivity index (χ4v) is 4.83. The van der Waals surface area contributed by atoms with E-state index < -0.39 is 28.6 Å². The highest BCUT2D eigenvalue weighted by atomic mass is 16.5. The van der Waals surface area contributed by atoms with E-state index in [1.165, 1.54) is 24.5 Å². The maximum Gasteiger partial charge on any atom is 0.232 e. The first-order chi connectivity index (χ1) is 20.1. The molecule has 1 aromatic carbocycles. The number of nitrogens with one attached hydrogen (secondary N) is 3. The Hall–Kier alpha value is -5.00. The van der Waals surface area contributed by atoms with Crippen LogP contribution in [0.4, 0.5) is 0 Å². The van der Waals surface area contributed by atoms with Crippen molar-refractivity contribution in [2.24, 2.45) is 5.92 Å². The molecule has 0 unspecified atom stereocenters. The number of amides is 2. The van der Waals surface area contributed by atoms with Crippen LogP contribution in [0.15, 0.2) is 58.5 Å². The molecule has 0 aliphatic heterocycles. The van der Waals surface area contributed by atoms with Gasteiger partial charge in [-0.2, -0.15) is 0 Å². The zero-order valence-electron chi connectivity index (χ0n) is 23.8. The zero-order valence-corrected chi connectivity index (χ0v) is 23.8. The second-order valence-corrected chi connectivity index (χ2v) is 10.0. The maximum atomic E-state index is 13.3. The molecule has 3 heterocycles.